The van der Waals surface area contributed by atoms with Crippen molar-refractivity contribution in [2.45, 2.75) is 61.8 Å². The monoisotopic (exact) mass is 269 g/mol. The molecule has 5 nitrogen and oxygen atoms in total. The van der Waals surface area contributed by atoms with Gasteiger partial charge in [0.05, 0.1) is 6.10 Å². The molecule has 100 valence electrons. The maximum absolute atomic E-state index is 9.27. The fourth-order valence-electron chi connectivity index (χ4n) is 2.33. The smallest absolute Gasteiger partial charge is 0.191 e. The summed E-state index contributed by atoms with van der Waals surface area (Å²) in [4.78, 5) is 0. The van der Waals surface area contributed by atoms with Crippen molar-refractivity contribution >= 4 is 11.8 Å². The number of aromatic nitrogens is 3. The van der Waals surface area contributed by atoms with Crippen molar-refractivity contribution in [3.63, 3.8) is 0 Å². The lowest BCUT2D eigenvalue weighted by Crippen LogP contribution is -2.33. The van der Waals surface area contributed by atoms with Crippen molar-refractivity contribution < 1.29 is 9.84 Å². The number of nitrogens with zero attached hydrogens (tertiary/aromatic N) is 3. The van der Waals surface area contributed by atoms with Gasteiger partial charge >= 0.3 is 0 Å². The molecule has 0 radical (unpaired) electrons. The van der Waals surface area contributed by atoms with Crippen molar-refractivity contribution in [3.05, 3.63) is 5.82 Å². The van der Waals surface area contributed by atoms with Gasteiger partial charge in [-0.15, -0.1) is 10.2 Å². The molecule has 0 saturated heterocycles. The Balaban J connectivity index is 1.61. The Morgan fingerprint density at radius 2 is 2.17 bits per heavy atom. The van der Waals surface area contributed by atoms with Gasteiger partial charge in [0.25, 0.3) is 0 Å². The summed E-state index contributed by atoms with van der Waals surface area (Å²) < 4.78 is 7.69. The predicted molar refractivity (Wildman–Crippen MR) is 68.5 cm³/mol. The molecule has 0 bridgehead atoms. The first-order valence-corrected chi connectivity index (χ1v) is 7.52. The van der Waals surface area contributed by atoms with E-state index in [9.17, 15) is 5.11 Å². The van der Waals surface area contributed by atoms with Crippen molar-refractivity contribution in [3.8, 4) is 0 Å². The van der Waals surface area contributed by atoms with Crippen LogP contribution in [0.25, 0.3) is 0 Å². The number of aliphatic hydroxyl groups excluding tert-OH is 1. The average Bonchev–Trinajstić information content (AvgIpc) is 3.08. The highest BCUT2D eigenvalue weighted by Crippen LogP contribution is 2.42. The van der Waals surface area contributed by atoms with Crippen LogP contribution >= 0.6 is 11.8 Å². The van der Waals surface area contributed by atoms with Gasteiger partial charge in [-0.2, -0.15) is 0 Å². The number of thioether (sulfide) groups is 1. The zero-order valence-electron chi connectivity index (χ0n) is 10.6. The molecule has 3 rings (SSSR count). The van der Waals surface area contributed by atoms with Crippen LogP contribution in [0.4, 0.5) is 0 Å². The second-order valence-corrected chi connectivity index (χ2v) is 6.21. The standard InChI is InChI=1S/C12H19N3O2S/c1-2-17-9-5-10(6-9)18-12-14-13-11(7-16)15(12)8-3-4-8/h8-10,16H,2-7H2,1H3. The van der Waals surface area contributed by atoms with Gasteiger partial charge in [0.15, 0.2) is 11.0 Å². The highest BCUT2D eigenvalue weighted by molar-refractivity contribution is 7.99. The number of aliphatic hydroxyl groups is 1. The summed E-state index contributed by atoms with van der Waals surface area (Å²) in [6.07, 6.45) is 5.01. The third-order valence-corrected chi connectivity index (χ3v) is 4.72. The van der Waals surface area contributed by atoms with E-state index in [-0.39, 0.29) is 6.61 Å². The first-order valence-electron chi connectivity index (χ1n) is 6.64. The van der Waals surface area contributed by atoms with Crippen LogP contribution < -0.4 is 0 Å². The zero-order valence-corrected chi connectivity index (χ0v) is 11.4. The summed E-state index contributed by atoms with van der Waals surface area (Å²) in [7, 11) is 0. The first kappa shape index (κ1) is 12.4. The zero-order chi connectivity index (χ0) is 12.5. The quantitative estimate of drug-likeness (QED) is 0.852. The molecule has 0 unspecified atom stereocenters. The van der Waals surface area contributed by atoms with Gasteiger partial charge in [0.1, 0.15) is 6.61 Å². The highest BCUT2D eigenvalue weighted by Gasteiger charge is 2.34. The Morgan fingerprint density at radius 3 is 2.78 bits per heavy atom. The molecule has 0 amide bonds. The Morgan fingerprint density at radius 1 is 1.39 bits per heavy atom. The van der Waals surface area contributed by atoms with E-state index in [0.717, 1.165) is 24.6 Å². The van der Waals surface area contributed by atoms with Gasteiger partial charge in [-0.1, -0.05) is 11.8 Å². The minimum absolute atomic E-state index is 0.0176. The topological polar surface area (TPSA) is 60.2 Å². The van der Waals surface area contributed by atoms with Crippen LogP contribution in [0, 0.1) is 0 Å². The number of hydrogen-bond acceptors (Lipinski definition) is 5. The average molecular weight is 269 g/mol. The summed E-state index contributed by atoms with van der Waals surface area (Å²) in [6, 6.07) is 0.521. The molecular formula is C12H19N3O2S. The lowest BCUT2D eigenvalue weighted by molar-refractivity contribution is 0.0138. The molecule has 1 aromatic heterocycles. The van der Waals surface area contributed by atoms with Gasteiger partial charge in [-0.05, 0) is 32.6 Å². The Hall–Kier alpha value is -0.590. The van der Waals surface area contributed by atoms with Crippen molar-refractivity contribution in [1.29, 1.82) is 0 Å². The highest BCUT2D eigenvalue weighted by atomic mass is 32.2. The maximum Gasteiger partial charge on any atom is 0.191 e. The molecule has 2 fully saturated rings. The Kier molecular flexibility index (Phi) is 3.59. The SMILES string of the molecule is CCOC1CC(Sc2nnc(CO)n2C2CC2)C1. The molecule has 18 heavy (non-hydrogen) atoms. The van der Waals surface area contributed by atoms with Gasteiger partial charge < -0.3 is 14.4 Å². The van der Waals surface area contributed by atoms with Crippen LogP contribution in [0.3, 0.4) is 0 Å². The Bertz CT molecular complexity index is 413. The van der Waals surface area contributed by atoms with Crippen molar-refractivity contribution in [1.82, 2.24) is 14.8 Å². The van der Waals surface area contributed by atoms with Gasteiger partial charge in [0, 0.05) is 17.9 Å². The molecule has 2 aliphatic rings. The van der Waals surface area contributed by atoms with E-state index in [1.165, 1.54) is 12.8 Å². The number of hydrogen-bond donors (Lipinski definition) is 1. The first-order chi connectivity index (χ1) is 8.81. The van der Waals surface area contributed by atoms with E-state index in [0.29, 0.717) is 23.2 Å². The Labute approximate surface area is 111 Å². The second-order valence-electron chi connectivity index (χ2n) is 4.95. The molecule has 1 N–H and O–H groups in total. The lowest BCUT2D eigenvalue weighted by atomic mass is 9.95. The molecule has 1 heterocycles. The van der Waals surface area contributed by atoms with Gasteiger partial charge in [-0.3, -0.25) is 0 Å². The summed E-state index contributed by atoms with van der Waals surface area (Å²) in [5.74, 6) is 0.709. The van der Waals surface area contributed by atoms with Crippen LogP contribution in [0.2, 0.25) is 0 Å². The van der Waals surface area contributed by atoms with Crippen LogP contribution in [-0.4, -0.2) is 37.8 Å². The third kappa shape index (κ3) is 2.41. The second kappa shape index (κ2) is 5.19. The van der Waals surface area contributed by atoms with Crippen LogP contribution in [0.1, 0.15) is 44.5 Å². The molecular weight excluding hydrogens is 250 g/mol. The summed E-state index contributed by atoms with van der Waals surface area (Å²) in [5.41, 5.74) is 0. The van der Waals surface area contributed by atoms with Crippen LogP contribution in [0.15, 0.2) is 5.16 Å². The van der Waals surface area contributed by atoms with Crippen LogP contribution in [0.5, 0.6) is 0 Å². The molecule has 0 aromatic carbocycles. The van der Waals surface area contributed by atoms with E-state index < -0.39 is 0 Å². The summed E-state index contributed by atoms with van der Waals surface area (Å²) in [5, 5.41) is 19.1. The number of rotatable bonds is 6. The molecule has 0 spiro atoms. The minimum Gasteiger partial charge on any atom is -0.388 e. The predicted octanol–water partition coefficient (Wildman–Crippen LogP) is 1.76. The maximum atomic E-state index is 9.27. The van der Waals surface area contributed by atoms with Crippen molar-refractivity contribution in [2.24, 2.45) is 0 Å². The summed E-state index contributed by atoms with van der Waals surface area (Å²) >= 11 is 1.79. The van der Waals surface area contributed by atoms with E-state index in [1.807, 2.05) is 6.92 Å². The third-order valence-electron chi connectivity index (χ3n) is 3.51. The van der Waals surface area contributed by atoms with Crippen LogP contribution in [-0.2, 0) is 11.3 Å². The molecule has 2 aliphatic carbocycles. The molecule has 1 aromatic rings. The van der Waals surface area contributed by atoms with Gasteiger partial charge in [-0.25, -0.2) is 0 Å². The fraction of sp³-hybridized carbons (Fsp3) is 0.833. The molecule has 0 atom stereocenters. The van der Waals surface area contributed by atoms with Gasteiger partial charge in [0.2, 0.25) is 0 Å². The lowest BCUT2D eigenvalue weighted by Gasteiger charge is -2.33. The van der Waals surface area contributed by atoms with E-state index in [2.05, 4.69) is 14.8 Å². The van der Waals surface area contributed by atoms with E-state index >= 15 is 0 Å². The molecule has 2 saturated carbocycles. The fourth-order valence-corrected chi connectivity index (χ4v) is 3.71. The summed E-state index contributed by atoms with van der Waals surface area (Å²) in [6.45, 7) is 2.82. The number of ether oxygens (including phenoxy) is 1. The molecule has 0 aliphatic heterocycles. The van der Waals surface area contributed by atoms with E-state index in [1.54, 1.807) is 11.8 Å². The minimum atomic E-state index is -0.0176. The normalized spacial score (nSPS) is 27.2. The van der Waals surface area contributed by atoms with Crippen molar-refractivity contribution in [2.75, 3.05) is 6.61 Å². The largest absolute Gasteiger partial charge is 0.388 e. The van der Waals surface area contributed by atoms with E-state index in [4.69, 9.17) is 4.74 Å². The molecule has 6 heteroatoms.